The molecule has 1 aliphatic rings. The van der Waals surface area contributed by atoms with E-state index in [0.29, 0.717) is 0 Å². The monoisotopic (exact) mass is 415 g/mol. The van der Waals surface area contributed by atoms with E-state index in [1.807, 2.05) is 0 Å². The third kappa shape index (κ3) is 6.39. The molecule has 2 N–H and O–H groups in total. The van der Waals surface area contributed by atoms with Crippen LogP contribution in [0.5, 0.6) is 0 Å². The first-order valence-electron chi connectivity index (χ1n) is 10.1. The van der Waals surface area contributed by atoms with Gasteiger partial charge in [-0.2, -0.15) is 0 Å². The first-order valence-corrected chi connectivity index (χ1v) is 10.1. The van der Waals surface area contributed by atoms with E-state index >= 15 is 0 Å². The first kappa shape index (κ1) is 22.0. The van der Waals surface area contributed by atoms with Gasteiger partial charge in [-0.1, -0.05) is 91.0 Å². The van der Waals surface area contributed by atoms with Gasteiger partial charge in [-0.25, -0.2) is 9.59 Å². The zero-order valence-corrected chi connectivity index (χ0v) is 17.1. The van der Waals surface area contributed by atoms with Gasteiger partial charge in [0, 0.05) is 19.6 Å². The van der Waals surface area contributed by atoms with E-state index in [4.69, 9.17) is 19.8 Å². The number of nitrogens with zero attached hydrogens (tertiary/aromatic N) is 1. The van der Waals surface area contributed by atoms with Crippen LogP contribution in [0.3, 0.4) is 0 Å². The van der Waals surface area contributed by atoms with Gasteiger partial charge >= 0.3 is 11.9 Å². The van der Waals surface area contributed by atoms with Crippen molar-refractivity contribution < 1.29 is 19.8 Å². The lowest BCUT2D eigenvalue weighted by Gasteiger charge is -2.36. The van der Waals surface area contributed by atoms with Crippen LogP contribution < -0.4 is 0 Å². The highest BCUT2D eigenvalue weighted by Crippen LogP contribution is 2.31. The van der Waals surface area contributed by atoms with E-state index in [0.717, 1.165) is 26.1 Å². The summed E-state index contributed by atoms with van der Waals surface area (Å²) in [5.41, 5.74) is 7.03. The minimum atomic E-state index is -1.82. The topological polar surface area (TPSA) is 77.8 Å². The Morgan fingerprint density at radius 3 is 1.52 bits per heavy atom. The van der Waals surface area contributed by atoms with Gasteiger partial charge in [-0.05, 0) is 34.3 Å². The maximum Gasteiger partial charge on any atom is 0.414 e. The number of rotatable bonds is 5. The summed E-state index contributed by atoms with van der Waals surface area (Å²) in [5.74, 6) is -3.65. The van der Waals surface area contributed by atoms with Crippen molar-refractivity contribution in [3.05, 3.63) is 113 Å². The molecule has 3 aromatic carbocycles. The van der Waals surface area contributed by atoms with Gasteiger partial charge in [-0.15, -0.1) is 0 Å². The normalized spacial score (nSPS) is 12.8. The molecule has 31 heavy (non-hydrogen) atoms. The standard InChI is InChI=1S/C24H23N.C2H2O4/c1-4-10-20(11-5-1)16-17-25-18-23(19-25)24(21-12-6-2-7-13-21)22-14-8-3-9-15-22;3-1(4)2(5)6/h1-15H,16-19H2;(H,3,4)(H,5,6). The average Bonchev–Trinajstić information content (AvgIpc) is 2.77. The number of likely N-dealkylation sites (tertiary alicyclic amines) is 1. The zero-order valence-electron chi connectivity index (χ0n) is 17.1. The minimum Gasteiger partial charge on any atom is -0.473 e. The number of hydrogen-bond donors (Lipinski definition) is 2. The summed E-state index contributed by atoms with van der Waals surface area (Å²) in [6, 6.07) is 32.4. The molecule has 1 aliphatic heterocycles. The maximum atomic E-state index is 9.10. The summed E-state index contributed by atoms with van der Waals surface area (Å²) in [7, 11) is 0. The van der Waals surface area contributed by atoms with Gasteiger partial charge in [0.2, 0.25) is 0 Å². The third-order valence-corrected chi connectivity index (χ3v) is 5.05. The third-order valence-electron chi connectivity index (χ3n) is 5.05. The van der Waals surface area contributed by atoms with Crippen molar-refractivity contribution in [2.45, 2.75) is 6.42 Å². The first-order chi connectivity index (χ1) is 15.0. The summed E-state index contributed by atoms with van der Waals surface area (Å²) < 4.78 is 0. The summed E-state index contributed by atoms with van der Waals surface area (Å²) >= 11 is 0. The molecule has 1 heterocycles. The molecular formula is C26H25NO4. The van der Waals surface area contributed by atoms with Crippen molar-refractivity contribution in [3.8, 4) is 0 Å². The van der Waals surface area contributed by atoms with Crippen LogP contribution in [0.15, 0.2) is 96.6 Å². The van der Waals surface area contributed by atoms with E-state index in [-0.39, 0.29) is 0 Å². The van der Waals surface area contributed by atoms with Crippen LogP contribution in [-0.4, -0.2) is 46.7 Å². The van der Waals surface area contributed by atoms with Crippen LogP contribution in [0.1, 0.15) is 16.7 Å². The van der Waals surface area contributed by atoms with Crippen molar-refractivity contribution in [2.75, 3.05) is 19.6 Å². The molecule has 4 rings (SSSR count). The highest BCUT2D eigenvalue weighted by molar-refractivity contribution is 6.27. The second-order valence-corrected chi connectivity index (χ2v) is 7.27. The number of carbonyl (C=O) groups is 2. The molecule has 5 heteroatoms. The lowest BCUT2D eigenvalue weighted by atomic mass is 9.89. The molecule has 0 radical (unpaired) electrons. The molecule has 0 unspecified atom stereocenters. The van der Waals surface area contributed by atoms with Crippen molar-refractivity contribution >= 4 is 17.5 Å². The molecule has 1 fully saturated rings. The van der Waals surface area contributed by atoms with Crippen LogP contribution in [0, 0.1) is 0 Å². The molecule has 0 saturated carbocycles. The van der Waals surface area contributed by atoms with Gasteiger partial charge in [0.05, 0.1) is 0 Å². The smallest absolute Gasteiger partial charge is 0.414 e. The summed E-state index contributed by atoms with van der Waals surface area (Å²) in [6.45, 7) is 3.28. The molecule has 1 saturated heterocycles. The number of hydrogen-bond acceptors (Lipinski definition) is 3. The van der Waals surface area contributed by atoms with Crippen molar-refractivity contribution in [1.82, 2.24) is 4.90 Å². The Hall–Kier alpha value is -3.70. The molecule has 0 bridgehead atoms. The van der Waals surface area contributed by atoms with Crippen LogP contribution >= 0.6 is 0 Å². The van der Waals surface area contributed by atoms with Gasteiger partial charge in [0.15, 0.2) is 0 Å². The zero-order chi connectivity index (χ0) is 22.1. The number of carboxylic acids is 2. The maximum absolute atomic E-state index is 9.10. The van der Waals surface area contributed by atoms with Crippen LogP contribution in [0.25, 0.3) is 5.57 Å². The number of benzene rings is 3. The van der Waals surface area contributed by atoms with Crippen LogP contribution in [0.2, 0.25) is 0 Å². The van der Waals surface area contributed by atoms with Crippen molar-refractivity contribution in [2.24, 2.45) is 0 Å². The Labute approximate surface area is 181 Å². The van der Waals surface area contributed by atoms with Crippen LogP contribution in [-0.2, 0) is 16.0 Å². The second kappa shape index (κ2) is 10.9. The van der Waals surface area contributed by atoms with Gasteiger partial charge < -0.3 is 10.2 Å². The van der Waals surface area contributed by atoms with Gasteiger partial charge in [0.25, 0.3) is 0 Å². The minimum absolute atomic E-state index is 1.08. The van der Waals surface area contributed by atoms with Crippen LogP contribution in [0.4, 0.5) is 0 Å². The second-order valence-electron chi connectivity index (χ2n) is 7.27. The lowest BCUT2D eigenvalue weighted by Crippen LogP contribution is -2.42. The molecule has 158 valence electrons. The fourth-order valence-electron chi connectivity index (χ4n) is 3.53. The lowest BCUT2D eigenvalue weighted by molar-refractivity contribution is -0.159. The highest BCUT2D eigenvalue weighted by atomic mass is 16.4. The van der Waals surface area contributed by atoms with Gasteiger partial charge in [-0.3, -0.25) is 4.90 Å². The van der Waals surface area contributed by atoms with E-state index in [9.17, 15) is 0 Å². The summed E-state index contributed by atoms with van der Waals surface area (Å²) in [5, 5.41) is 14.8. The van der Waals surface area contributed by atoms with Crippen molar-refractivity contribution in [3.63, 3.8) is 0 Å². The Morgan fingerprint density at radius 2 is 1.10 bits per heavy atom. The SMILES string of the molecule is O=C(O)C(=O)O.c1ccc(CCN2CC(=C(c3ccccc3)c3ccccc3)C2)cc1. The Kier molecular flexibility index (Phi) is 7.73. The molecule has 5 nitrogen and oxygen atoms in total. The molecular weight excluding hydrogens is 390 g/mol. The number of carboxylic acid groups (broad SMARTS) is 2. The average molecular weight is 415 g/mol. The molecule has 0 aliphatic carbocycles. The molecule has 0 aromatic heterocycles. The number of aliphatic carboxylic acids is 2. The predicted octanol–water partition coefficient (Wildman–Crippen LogP) is 4.20. The largest absolute Gasteiger partial charge is 0.473 e. The molecule has 0 amide bonds. The Bertz CT molecular complexity index is 969. The molecule has 3 aromatic rings. The highest BCUT2D eigenvalue weighted by Gasteiger charge is 2.24. The molecule has 0 atom stereocenters. The van der Waals surface area contributed by atoms with E-state index in [1.165, 1.54) is 22.3 Å². The summed E-state index contributed by atoms with van der Waals surface area (Å²) in [4.78, 5) is 20.7. The fraction of sp³-hybridized carbons (Fsp3) is 0.154. The van der Waals surface area contributed by atoms with E-state index in [1.54, 1.807) is 5.57 Å². The fourth-order valence-corrected chi connectivity index (χ4v) is 3.53. The van der Waals surface area contributed by atoms with Gasteiger partial charge in [0.1, 0.15) is 0 Å². The van der Waals surface area contributed by atoms with Crippen molar-refractivity contribution in [1.29, 1.82) is 0 Å². The Balaban J connectivity index is 0.000000401. The molecule has 0 spiro atoms. The summed E-state index contributed by atoms with van der Waals surface area (Å²) in [6.07, 6.45) is 1.13. The predicted molar refractivity (Wildman–Crippen MR) is 121 cm³/mol. The quantitative estimate of drug-likeness (QED) is 0.611. The van der Waals surface area contributed by atoms with E-state index < -0.39 is 11.9 Å². The van der Waals surface area contributed by atoms with E-state index in [2.05, 4.69) is 95.9 Å². The Morgan fingerprint density at radius 1 is 0.677 bits per heavy atom.